The Morgan fingerprint density at radius 2 is 1.91 bits per heavy atom. The molecule has 0 bridgehead atoms. The lowest BCUT2D eigenvalue weighted by atomic mass is 10.1. The summed E-state index contributed by atoms with van der Waals surface area (Å²) in [6.45, 7) is 3.69. The van der Waals surface area contributed by atoms with E-state index in [0.29, 0.717) is 17.9 Å². The van der Waals surface area contributed by atoms with Crippen LogP contribution in [0.15, 0.2) is 61.2 Å². The number of carbonyl (C=O) groups excluding carboxylic acids is 1. The van der Waals surface area contributed by atoms with Crippen LogP contribution in [0.25, 0.3) is 6.08 Å². The highest BCUT2D eigenvalue weighted by atomic mass is 16.6. The zero-order valence-electron chi connectivity index (χ0n) is 12.9. The molecule has 1 N–H and O–H groups in total. The van der Waals surface area contributed by atoms with Crippen molar-refractivity contribution in [3.8, 4) is 17.2 Å². The van der Waals surface area contributed by atoms with Gasteiger partial charge in [-0.1, -0.05) is 24.3 Å². The van der Waals surface area contributed by atoms with E-state index in [1.165, 1.54) is 13.2 Å². The molecule has 0 saturated carbocycles. The molecule has 0 heterocycles. The van der Waals surface area contributed by atoms with Crippen molar-refractivity contribution in [3.05, 3.63) is 72.3 Å². The van der Waals surface area contributed by atoms with E-state index in [0.717, 1.165) is 11.1 Å². The van der Waals surface area contributed by atoms with Crippen molar-refractivity contribution in [1.29, 1.82) is 0 Å². The van der Waals surface area contributed by atoms with Crippen molar-refractivity contribution in [3.63, 3.8) is 0 Å². The number of ether oxygens (including phenoxy) is 2. The number of phenols is 1. The van der Waals surface area contributed by atoms with Gasteiger partial charge in [-0.3, -0.25) is 0 Å². The maximum Gasteiger partial charge on any atom is 0.336 e. The van der Waals surface area contributed by atoms with E-state index in [1.54, 1.807) is 42.5 Å². The van der Waals surface area contributed by atoms with Crippen LogP contribution in [0, 0.1) is 0 Å². The molecule has 0 aromatic heterocycles. The van der Waals surface area contributed by atoms with Crippen LogP contribution >= 0.6 is 0 Å². The van der Waals surface area contributed by atoms with E-state index in [9.17, 15) is 9.90 Å². The van der Waals surface area contributed by atoms with Crippen molar-refractivity contribution in [2.24, 2.45) is 0 Å². The minimum Gasteiger partial charge on any atom is -0.508 e. The van der Waals surface area contributed by atoms with Crippen LogP contribution in [0.5, 0.6) is 17.2 Å². The van der Waals surface area contributed by atoms with Crippen LogP contribution in [-0.2, 0) is 11.2 Å². The third-order valence-electron chi connectivity index (χ3n) is 3.12. The lowest BCUT2D eigenvalue weighted by Crippen LogP contribution is -2.05. The SMILES string of the molecule is C=CCc1ccc(OC(=O)C=Cc2ccc(O)cc2)c(OC)c1. The van der Waals surface area contributed by atoms with Crippen LogP contribution in [0.4, 0.5) is 0 Å². The van der Waals surface area contributed by atoms with E-state index in [1.807, 2.05) is 12.1 Å². The first-order valence-electron chi connectivity index (χ1n) is 7.09. The fourth-order valence-corrected chi connectivity index (χ4v) is 1.98. The number of hydrogen-bond acceptors (Lipinski definition) is 4. The normalized spacial score (nSPS) is 10.5. The fraction of sp³-hybridized carbons (Fsp3) is 0.105. The zero-order chi connectivity index (χ0) is 16.7. The first kappa shape index (κ1) is 16.4. The van der Waals surface area contributed by atoms with E-state index in [2.05, 4.69) is 6.58 Å². The van der Waals surface area contributed by atoms with E-state index in [-0.39, 0.29) is 5.75 Å². The summed E-state index contributed by atoms with van der Waals surface area (Å²) in [4.78, 5) is 11.9. The first-order chi connectivity index (χ1) is 11.1. The summed E-state index contributed by atoms with van der Waals surface area (Å²) in [5, 5.41) is 9.21. The van der Waals surface area contributed by atoms with Crippen LogP contribution in [0.2, 0.25) is 0 Å². The maximum atomic E-state index is 11.9. The van der Waals surface area contributed by atoms with E-state index >= 15 is 0 Å². The van der Waals surface area contributed by atoms with Crippen LogP contribution < -0.4 is 9.47 Å². The molecule has 0 atom stereocenters. The number of hydrogen-bond donors (Lipinski definition) is 1. The maximum absolute atomic E-state index is 11.9. The predicted molar refractivity (Wildman–Crippen MR) is 89.7 cm³/mol. The second-order valence-corrected chi connectivity index (χ2v) is 4.82. The monoisotopic (exact) mass is 310 g/mol. The summed E-state index contributed by atoms with van der Waals surface area (Å²) in [5.74, 6) is 0.526. The van der Waals surface area contributed by atoms with E-state index in [4.69, 9.17) is 9.47 Å². The van der Waals surface area contributed by atoms with Crippen molar-refractivity contribution < 1.29 is 19.4 Å². The number of rotatable bonds is 6. The molecule has 4 heteroatoms. The van der Waals surface area contributed by atoms with Crippen LogP contribution in [-0.4, -0.2) is 18.2 Å². The Bertz CT molecular complexity index is 715. The van der Waals surface area contributed by atoms with Crippen molar-refractivity contribution in [1.82, 2.24) is 0 Å². The average Bonchev–Trinajstić information content (AvgIpc) is 2.56. The molecule has 2 aromatic carbocycles. The first-order valence-corrected chi connectivity index (χ1v) is 7.09. The van der Waals surface area contributed by atoms with Gasteiger partial charge in [0.1, 0.15) is 5.75 Å². The van der Waals surface area contributed by atoms with Gasteiger partial charge in [0.2, 0.25) is 0 Å². The van der Waals surface area contributed by atoms with Gasteiger partial charge in [0.25, 0.3) is 0 Å². The highest BCUT2D eigenvalue weighted by Gasteiger charge is 2.08. The van der Waals surface area contributed by atoms with Gasteiger partial charge in [-0.05, 0) is 47.9 Å². The summed E-state index contributed by atoms with van der Waals surface area (Å²) in [5.41, 5.74) is 1.81. The Labute approximate surface area is 135 Å². The highest BCUT2D eigenvalue weighted by molar-refractivity contribution is 5.89. The van der Waals surface area contributed by atoms with Gasteiger partial charge in [-0.2, -0.15) is 0 Å². The molecule has 0 fully saturated rings. The number of carbonyl (C=O) groups is 1. The van der Waals surface area contributed by atoms with Crippen molar-refractivity contribution >= 4 is 12.0 Å². The van der Waals surface area contributed by atoms with Gasteiger partial charge < -0.3 is 14.6 Å². The standard InChI is InChI=1S/C19H18O4/c1-3-4-15-7-11-17(18(13-15)22-2)23-19(21)12-8-14-5-9-16(20)10-6-14/h3,5-13,20H,1,4H2,2H3. The molecule has 4 nitrogen and oxygen atoms in total. The molecule has 0 aliphatic heterocycles. The Morgan fingerprint density at radius 1 is 1.17 bits per heavy atom. The molecule has 23 heavy (non-hydrogen) atoms. The number of aromatic hydroxyl groups is 1. The van der Waals surface area contributed by atoms with Gasteiger partial charge in [-0.25, -0.2) is 4.79 Å². The Hall–Kier alpha value is -3.01. The van der Waals surface area contributed by atoms with Gasteiger partial charge in [0.05, 0.1) is 7.11 Å². The molecule has 0 aliphatic rings. The fourth-order valence-electron chi connectivity index (χ4n) is 1.98. The highest BCUT2D eigenvalue weighted by Crippen LogP contribution is 2.28. The van der Waals surface area contributed by atoms with Gasteiger partial charge in [-0.15, -0.1) is 6.58 Å². The molecule has 0 spiro atoms. The van der Waals surface area contributed by atoms with Gasteiger partial charge >= 0.3 is 5.97 Å². The number of phenolic OH excluding ortho intramolecular Hbond substituents is 1. The lowest BCUT2D eigenvalue weighted by molar-refractivity contribution is -0.129. The summed E-state index contributed by atoms with van der Waals surface area (Å²) in [6.07, 6.45) is 5.44. The minimum atomic E-state index is -0.507. The number of benzene rings is 2. The predicted octanol–water partition coefficient (Wildman–Crippen LogP) is 3.75. The number of allylic oxidation sites excluding steroid dienone is 1. The average molecular weight is 310 g/mol. The number of esters is 1. The smallest absolute Gasteiger partial charge is 0.336 e. The Kier molecular flexibility index (Phi) is 5.58. The molecule has 118 valence electrons. The Balaban J connectivity index is 2.07. The topological polar surface area (TPSA) is 55.8 Å². The Morgan fingerprint density at radius 3 is 2.57 bits per heavy atom. The largest absolute Gasteiger partial charge is 0.508 e. The third-order valence-corrected chi connectivity index (χ3v) is 3.12. The van der Waals surface area contributed by atoms with Gasteiger partial charge in [0.15, 0.2) is 11.5 Å². The van der Waals surface area contributed by atoms with Crippen molar-refractivity contribution in [2.75, 3.05) is 7.11 Å². The second-order valence-electron chi connectivity index (χ2n) is 4.82. The summed E-state index contributed by atoms with van der Waals surface area (Å²) in [7, 11) is 1.52. The zero-order valence-corrected chi connectivity index (χ0v) is 12.9. The van der Waals surface area contributed by atoms with Gasteiger partial charge in [0, 0.05) is 6.08 Å². The van der Waals surface area contributed by atoms with Crippen LogP contribution in [0.3, 0.4) is 0 Å². The summed E-state index contributed by atoms with van der Waals surface area (Å²) < 4.78 is 10.5. The lowest BCUT2D eigenvalue weighted by Gasteiger charge is -2.09. The molecule has 2 rings (SSSR count). The molecule has 0 saturated heterocycles. The van der Waals surface area contributed by atoms with Crippen LogP contribution in [0.1, 0.15) is 11.1 Å². The molecule has 0 amide bonds. The minimum absolute atomic E-state index is 0.175. The summed E-state index contributed by atoms with van der Waals surface area (Å²) in [6, 6.07) is 11.9. The molecule has 0 aliphatic carbocycles. The molecular weight excluding hydrogens is 292 g/mol. The second kappa shape index (κ2) is 7.84. The quantitative estimate of drug-likeness (QED) is 0.382. The molecule has 2 aromatic rings. The van der Waals surface area contributed by atoms with E-state index < -0.39 is 5.97 Å². The van der Waals surface area contributed by atoms with Crippen molar-refractivity contribution in [2.45, 2.75) is 6.42 Å². The third kappa shape index (κ3) is 4.74. The molecule has 0 unspecified atom stereocenters. The number of methoxy groups -OCH3 is 1. The molecular formula is C19H18O4. The summed E-state index contributed by atoms with van der Waals surface area (Å²) >= 11 is 0. The molecule has 0 radical (unpaired) electrons.